The van der Waals surface area contributed by atoms with Crippen LogP contribution in [0.15, 0.2) is 94.4 Å². The van der Waals surface area contributed by atoms with Crippen molar-refractivity contribution in [3.63, 3.8) is 0 Å². The summed E-state index contributed by atoms with van der Waals surface area (Å²) in [5.41, 5.74) is 2.87. The number of hydrogen-bond acceptors (Lipinski definition) is 4. The predicted octanol–water partition coefficient (Wildman–Crippen LogP) is 6.72. The average molecular weight is 533 g/mol. The van der Waals surface area contributed by atoms with Gasteiger partial charge in [-0.2, -0.15) is 0 Å². The van der Waals surface area contributed by atoms with Crippen molar-refractivity contribution in [2.45, 2.75) is 13.1 Å². The van der Waals surface area contributed by atoms with Gasteiger partial charge in [-0.15, -0.1) is 0 Å². The van der Waals surface area contributed by atoms with E-state index in [9.17, 15) is 9.59 Å². The van der Waals surface area contributed by atoms with Crippen molar-refractivity contribution in [3.05, 3.63) is 106 Å². The van der Waals surface area contributed by atoms with Crippen molar-refractivity contribution in [2.75, 3.05) is 6.61 Å². The molecule has 0 N–H and O–H groups in total. The molecule has 7 heteroatoms. The summed E-state index contributed by atoms with van der Waals surface area (Å²) in [6.07, 6.45) is 3.84. The summed E-state index contributed by atoms with van der Waals surface area (Å²) < 4.78 is 8.94. The Labute approximate surface area is 210 Å². The zero-order valence-corrected chi connectivity index (χ0v) is 20.6. The van der Waals surface area contributed by atoms with Gasteiger partial charge in [0.2, 0.25) is 0 Å². The van der Waals surface area contributed by atoms with E-state index in [-0.39, 0.29) is 17.7 Å². The number of amides is 2. The number of nitrogens with zero attached hydrogens (tertiary/aromatic N) is 2. The van der Waals surface area contributed by atoms with Crippen molar-refractivity contribution < 1.29 is 14.3 Å². The number of benzene rings is 3. The molecular weight excluding hydrogens is 512 g/mol. The number of rotatable bonds is 7. The molecule has 1 aromatic heterocycles. The highest BCUT2D eigenvalue weighted by atomic mass is 79.9. The van der Waals surface area contributed by atoms with E-state index in [0.717, 1.165) is 44.0 Å². The summed E-state index contributed by atoms with van der Waals surface area (Å²) in [7, 11) is 0. The first-order chi connectivity index (χ1) is 16.6. The molecule has 0 spiro atoms. The number of thioether (sulfide) groups is 1. The quantitative estimate of drug-likeness (QED) is 0.248. The van der Waals surface area contributed by atoms with Gasteiger partial charge in [0, 0.05) is 27.1 Å². The number of aromatic nitrogens is 1. The van der Waals surface area contributed by atoms with Crippen LogP contribution in [0.3, 0.4) is 0 Å². The molecular formula is C27H21BrN2O3S. The number of hydrogen-bond donors (Lipinski definition) is 0. The topological polar surface area (TPSA) is 51.5 Å². The summed E-state index contributed by atoms with van der Waals surface area (Å²) >= 11 is 4.39. The van der Waals surface area contributed by atoms with E-state index >= 15 is 0 Å². The average Bonchev–Trinajstić information content (AvgIpc) is 3.33. The highest BCUT2D eigenvalue weighted by molar-refractivity contribution is 9.10. The van der Waals surface area contributed by atoms with Gasteiger partial charge < -0.3 is 9.30 Å². The zero-order chi connectivity index (χ0) is 23.5. The van der Waals surface area contributed by atoms with Crippen LogP contribution in [0.5, 0.6) is 5.75 Å². The third-order valence-corrected chi connectivity index (χ3v) is 7.01. The summed E-state index contributed by atoms with van der Waals surface area (Å²) in [4.78, 5) is 27.4. The Morgan fingerprint density at radius 2 is 1.65 bits per heavy atom. The fourth-order valence-electron chi connectivity index (χ4n) is 3.90. The molecule has 34 heavy (non-hydrogen) atoms. The lowest BCUT2D eigenvalue weighted by Crippen LogP contribution is -2.27. The molecule has 0 bridgehead atoms. The Hall–Kier alpha value is -3.29. The van der Waals surface area contributed by atoms with Crippen molar-refractivity contribution in [1.29, 1.82) is 0 Å². The van der Waals surface area contributed by atoms with Gasteiger partial charge in [0.15, 0.2) is 0 Å². The molecule has 3 aromatic carbocycles. The molecule has 1 aliphatic heterocycles. The van der Waals surface area contributed by atoms with Crippen LogP contribution in [0.1, 0.15) is 11.1 Å². The minimum atomic E-state index is -0.262. The first-order valence-electron chi connectivity index (χ1n) is 10.8. The highest BCUT2D eigenvalue weighted by Gasteiger charge is 2.35. The van der Waals surface area contributed by atoms with Gasteiger partial charge in [0.25, 0.3) is 11.1 Å². The largest absolute Gasteiger partial charge is 0.492 e. The summed E-state index contributed by atoms with van der Waals surface area (Å²) in [5, 5.41) is 0.779. The lowest BCUT2D eigenvalue weighted by molar-refractivity contribution is -0.123. The maximum atomic E-state index is 13.0. The molecule has 0 radical (unpaired) electrons. The molecule has 2 heterocycles. The Kier molecular flexibility index (Phi) is 6.56. The smallest absolute Gasteiger partial charge is 0.293 e. The van der Waals surface area contributed by atoms with Crippen LogP contribution in [0.2, 0.25) is 0 Å². The van der Waals surface area contributed by atoms with Crippen LogP contribution in [0.4, 0.5) is 4.79 Å². The van der Waals surface area contributed by atoms with Gasteiger partial charge in [-0.05, 0) is 53.7 Å². The molecule has 0 atom stereocenters. The fraction of sp³-hybridized carbons (Fsp3) is 0.111. The van der Waals surface area contributed by atoms with Gasteiger partial charge in [-0.3, -0.25) is 14.5 Å². The number of fused-ring (bicyclic) bond motifs is 1. The number of halogens is 1. The van der Waals surface area contributed by atoms with E-state index in [2.05, 4.69) is 26.6 Å². The molecule has 1 fully saturated rings. The van der Waals surface area contributed by atoms with E-state index in [0.29, 0.717) is 18.1 Å². The zero-order valence-electron chi connectivity index (χ0n) is 18.2. The Balaban J connectivity index is 1.36. The second-order valence-electron chi connectivity index (χ2n) is 7.85. The van der Waals surface area contributed by atoms with Crippen LogP contribution < -0.4 is 4.74 Å². The number of para-hydroxylation sites is 2. The molecule has 1 aliphatic rings. The standard InChI is InChI=1S/C27H21BrN2O3S/c28-21-12-10-19(11-13-21)17-30-26(31)25(34-27(30)32)16-20-18-29(24-9-5-4-8-23(20)24)14-15-33-22-6-2-1-3-7-22/h1-13,16,18H,14-15,17H2/b25-16-. The molecule has 1 saturated heterocycles. The minimum Gasteiger partial charge on any atom is -0.492 e. The van der Waals surface area contributed by atoms with Gasteiger partial charge in [-0.1, -0.05) is 64.5 Å². The van der Waals surface area contributed by atoms with E-state index in [4.69, 9.17) is 4.74 Å². The van der Waals surface area contributed by atoms with Crippen molar-refractivity contribution in [2.24, 2.45) is 0 Å². The van der Waals surface area contributed by atoms with Crippen LogP contribution in [-0.2, 0) is 17.9 Å². The molecule has 2 amide bonds. The number of carbonyl (C=O) groups is 2. The molecule has 0 unspecified atom stereocenters. The summed E-state index contributed by atoms with van der Waals surface area (Å²) in [5.74, 6) is 0.570. The van der Waals surface area contributed by atoms with E-state index in [1.807, 2.05) is 85.1 Å². The van der Waals surface area contributed by atoms with Gasteiger partial charge in [0.1, 0.15) is 12.4 Å². The van der Waals surface area contributed by atoms with Gasteiger partial charge in [0.05, 0.1) is 18.0 Å². The number of ether oxygens (including phenoxy) is 1. The fourth-order valence-corrected chi connectivity index (χ4v) is 5.00. The number of carbonyl (C=O) groups excluding carboxylic acids is 2. The van der Waals surface area contributed by atoms with Crippen molar-refractivity contribution in [3.8, 4) is 5.75 Å². The summed E-state index contributed by atoms with van der Waals surface area (Å²) in [6.45, 7) is 1.44. The van der Waals surface area contributed by atoms with Crippen LogP contribution in [-0.4, -0.2) is 27.2 Å². The highest BCUT2D eigenvalue weighted by Crippen LogP contribution is 2.35. The third-order valence-electron chi connectivity index (χ3n) is 5.58. The van der Waals surface area contributed by atoms with E-state index < -0.39 is 0 Å². The third kappa shape index (κ3) is 4.81. The Bertz CT molecular complexity index is 1380. The normalized spacial score (nSPS) is 15.0. The van der Waals surface area contributed by atoms with Crippen molar-refractivity contribution >= 4 is 55.8 Å². The second-order valence-corrected chi connectivity index (χ2v) is 9.76. The molecule has 0 aliphatic carbocycles. The Morgan fingerprint density at radius 3 is 2.44 bits per heavy atom. The SMILES string of the molecule is O=C1S/C(=C\c2cn(CCOc3ccccc3)c3ccccc23)C(=O)N1Cc1ccc(Br)cc1. The maximum Gasteiger partial charge on any atom is 0.293 e. The van der Waals surface area contributed by atoms with Crippen LogP contribution in [0.25, 0.3) is 17.0 Å². The minimum absolute atomic E-state index is 0.251. The van der Waals surface area contributed by atoms with E-state index in [1.165, 1.54) is 4.90 Å². The number of imide groups is 1. The maximum absolute atomic E-state index is 13.0. The van der Waals surface area contributed by atoms with E-state index in [1.54, 1.807) is 0 Å². The Morgan fingerprint density at radius 1 is 0.912 bits per heavy atom. The molecule has 5 rings (SSSR count). The van der Waals surface area contributed by atoms with Crippen LogP contribution in [0, 0.1) is 0 Å². The monoisotopic (exact) mass is 532 g/mol. The molecule has 5 nitrogen and oxygen atoms in total. The van der Waals surface area contributed by atoms with Crippen molar-refractivity contribution in [1.82, 2.24) is 9.47 Å². The van der Waals surface area contributed by atoms with Gasteiger partial charge >= 0.3 is 0 Å². The molecule has 4 aromatic rings. The second kappa shape index (κ2) is 9.91. The first-order valence-corrected chi connectivity index (χ1v) is 12.4. The molecule has 170 valence electrons. The lowest BCUT2D eigenvalue weighted by atomic mass is 10.1. The predicted molar refractivity (Wildman–Crippen MR) is 140 cm³/mol. The lowest BCUT2D eigenvalue weighted by Gasteiger charge is -2.12. The van der Waals surface area contributed by atoms with Gasteiger partial charge in [-0.25, -0.2) is 0 Å². The first kappa shape index (κ1) is 22.5. The summed E-state index contributed by atoms with van der Waals surface area (Å²) in [6, 6.07) is 25.4. The molecule has 0 saturated carbocycles. The van der Waals surface area contributed by atoms with Crippen LogP contribution >= 0.6 is 27.7 Å².